The number of nitrogens with zero attached hydrogens (tertiary/aromatic N) is 2. The van der Waals surface area contributed by atoms with Gasteiger partial charge in [-0.2, -0.15) is 18.4 Å². The van der Waals surface area contributed by atoms with Gasteiger partial charge in [0.25, 0.3) is 15.9 Å². The van der Waals surface area contributed by atoms with Crippen LogP contribution in [0.1, 0.15) is 25.0 Å². The van der Waals surface area contributed by atoms with Crippen LogP contribution >= 0.6 is 0 Å². The number of amides is 1. The molecule has 2 rings (SSSR count). The van der Waals surface area contributed by atoms with Crippen LogP contribution in [0.3, 0.4) is 0 Å². The molecule has 1 aromatic carbocycles. The molecular formula is C12H9F3N2O3S. The summed E-state index contributed by atoms with van der Waals surface area (Å²) in [4.78, 5) is 11.8. The maximum Gasteiger partial charge on any atom is 0.417 e. The lowest BCUT2D eigenvalue weighted by molar-refractivity contribution is -0.137. The fourth-order valence-corrected chi connectivity index (χ4v) is 3.37. The SMILES string of the molecule is CC1(C)C(=O)N(c2ccc(C#N)c(C(F)(F)F)c2)S1(=O)=O. The van der Waals surface area contributed by atoms with E-state index < -0.39 is 43.7 Å². The monoisotopic (exact) mass is 318 g/mol. The van der Waals surface area contributed by atoms with E-state index in [4.69, 9.17) is 5.26 Å². The normalized spacial score (nSPS) is 19.8. The van der Waals surface area contributed by atoms with Crippen molar-refractivity contribution < 1.29 is 26.4 Å². The van der Waals surface area contributed by atoms with Crippen molar-refractivity contribution in [2.45, 2.75) is 24.8 Å². The molecule has 1 heterocycles. The molecule has 0 radical (unpaired) electrons. The zero-order valence-electron chi connectivity index (χ0n) is 10.9. The molecule has 112 valence electrons. The summed E-state index contributed by atoms with van der Waals surface area (Å²) in [5.74, 6) is -0.819. The Bertz CT molecular complexity index is 776. The summed E-state index contributed by atoms with van der Waals surface area (Å²) < 4.78 is 61.1. The maximum atomic E-state index is 12.8. The summed E-state index contributed by atoms with van der Waals surface area (Å²) in [6, 6.07) is 3.71. The third-order valence-corrected chi connectivity index (χ3v) is 5.57. The standard InChI is InChI=1S/C12H9F3N2O3S/c1-11(2)10(18)17(21(11,19)20)8-4-3-7(6-16)9(5-8)12(13,14)15/h3-5H,1-2H3. The number of rotatable bonds is 1. The summed E-state index contributed by atoms with van der Waals surface area (Å²) in [6.07, 6.45) is -4.83. The first kappa shape index (κ1) is 15.3. The Hall–Kier alpha value is -2.08. The van der Waals surface area contributed by atoms with Gasteiger partial charge >= 0.3 is 6.18 Å². The van der Waals surface area contributed by atoms with Crippen molar-refractivity contribution in [1.29, 1.82) is 5.26 Å². The summed E-state index contributed by atoms with van der Waals surface area (Å²) in [5, 5.41) is 8.67. The highest BCUT2D eigenvalue weighted by molar-refractivity contribution is 7.98. The third kappa shape index (κ3) is 1.98. The lowest BCUT2D eigenvalue weighted by Crippen LogP contribution is -2.67. The number of benzene rings is 1. The summed E-state index contributed by atoms with van der Waals surface area (Å²) in [5.41, 5.74) is -2.35. The maximum absolute atomic E-state index is 12.8. The molecule has 1 fully saturated rings. The summed E-state index contributed by atoms with van der Waals surface area (Å²) in [6.45, 7) is 2.35. The van der Waals surface area contributed by atoms with Gasteiger partial charge in [0.2, 0.25) is 0 Å². The molecule has 21 heavy (non-hydrogen) atoms. The van der Waals surface area contributed by atoms with E-state index in [-0.39, 0.29) is 0 Å². The molecule has 0 aliphatic carbocycles. The highest BCUT2D eigenvalue weighted by Crippen LogP contribution is 2.41. The first-order chi connectivity index (χ1) is 9.44. The summed E-state index contributed by atoms with van der Waals surface area (Å²) >= 11 is 0. The molecule has 1 amide bonds. The fraction of sp³-hybridized carbons (Fsp3) is 0.333. The minimum absolute atomic E-state index is 0.323. The number of nitriles is 1. The van der Waals surface area contributed by atoms with Crippen molar-refractivity contribution in [3.63, 3.8) is 0 Å². The van der Waals surface area contributed by atoms with E-state index in [2.05, 4.69) is 0 Å². The number of carbonyl (C=O) groups excluding carboxylic acids is 1. The first-order valence-electron chi connectivity index (χ1n) is 5.65. The van der Waals surface area contributed by atoms with Gasteiger partial charge in [-0.15, -0.1) is 0 Å². The van der Waals surface area contributed by atoms with Crippen LogP contribution in [-0.2, 0) is 21.0 Å². The molecule has 0 atom stereocenters. The molecular weight excluding hydrogens is 309 g/mol. The van der Waals surface area contributed by atoms with Gasteiger partial charge in [-0.25, -0.2) is 12.7 Å². The molecule has 1 saturated heterocycles. The van der Waals surface area contributed by atoms with E-state index in [1.54, 1.807) is 0 Å². The Balaban J connectivity index is 2.60. The van der Waals surface area contributed by atoms with Gasteiger partial charge < -0.3 is 0 Å². The molecule has 1 aliphatic heterocycles. The van der Waals surface area contributed by atoms with Crippen LogP contribution in [0, 0.1) is 11.3 Å². The Morgan fingerprint density at radius 2 is 1.86 bits per heavy atom. The fourth-order valence-electron chi connectivity index (χ4n) is 1.90. The van der Waals surface area contributed by atoms with Gasteiger partial charge in [0, 0.05) is 0 Å². The quantitative estimate of drug-likeness (QED) is 0.794. The molecule has 0 spiro atoms. The average molecular weight is 318 g/mol. The van der Waals surface area contributed by atoms with Crippen LogP contribution in [0.25, 0.3) is 0 Å². The number of anilines is 1. The van der Waals surface area contributed by atoms with Crippen molar-refractivity contribution >= 4 is 21.6 Å². The number of halogens is 3. The van der Waals surface area contributed by atoms with Gasteiger partial charge in [0.1, 0.15) is 0 Å². The van der Waals surface area contributed by atoms with Crippen molar-refractivity contribution in [2.75, 3.05) is 4.31 Å². The molecule has 0 aromatic heterocycles. The summed E-state index contributed by atoms with van der Waals surface area (Å²) in [7, 11) is -4.05. The first-order valence-corrected chi connectivity index (χ1v) is 7.09. The average Bonchev–Trinajstić information content (AvgIpc) is 2.37. The number of alkyl halides is 3. The van der Waals surface area contributed by atoms with Gasteiger partial charge in [-0.1, -0.05) is 0 Å². The molecule has 0 bridgehead atoms. The van der Waals surface area contributed by atoms with E-state index in [1.165, 1.54) is 19.9 Å². The smallest absolute Gasteiger partial charge is 0.272 e. The van der Waals surface area contributed by atoms with Gasteiger partial charge in [-0.3, -0.25) is 4.79 Å². The third-order valence-electron chi connectivity index (χ3n) is 3.25. The molecule has 0 N–H and O–H groups in total. The van der Waals surface area contributed by atoms with Gasteiger partial charge in [0.15, 0.2) is 4.75 Å². The lowest BCUT2D eigenvalue weighted by Gasteiger charge is -2.43. The molecule has 9 heteroatoms. The van der Waals surface area contributed by atoms with E-state index in [1.807, 2.05) is 0 Å². The number of hydrogen-bond acceptors (Lipinski definition) is 4. The molecule has 0 unspecified atom stereocenters. The molecule has 1 aromatic rings. The Kier molecular flexibility index (Phi) is 3.07. The van der Waals surface area contributed by atoms with Gasteiger partial charge in [0.05, 0.1) is 22.9 Å². The molecule has 0 saturated carbocycles. The van der Waals surface area contributed by atoms with Crippen LogP contribution < -0.4 is 4.31 Å². The lowest BCUT2D eigenvalue weighted by atomic mass is 10.1. The Morgan fingerprint density at radius 3 is 2.29 bits per heavy atom. The molecule has 1 aliphatic rings. The predicted octanol–water partition coefficient (Wildman–Crippen LogP) is 2.03. The van der Waals surface area contributed by atoms with Crippen LogP contribution in [0.15, 0.2) is 18.2 Å². The van der Waals surface area contributed by atoms with Crippen LogP contribution in [0.5, 0.6) is 0 Å². The molecule has 5 nitrogen and oxygen atoms in total. The Morgan fingerprint density at radius 1 is 1.29 bits per heavy atom. The van der Waals surface area contributed by atoms with Gasteiger partial charge in [-0.05, 0) is 32.0 Å². The number of hydrogen-bond donors (Lipinski definition) is 0. The van der Waals surface area contributed by atoms with Crippen molar-refractivity contribution in [3.8, 4) is 6.07 Å². The van der Waals surface area contributed by atoms with Crippen molar-refractivity contribution in [3.05, 3.63) is 29.3 Å². The second-order valence-corrected chi connectivity index (χ2v) is 7.26. The number of sulfonamides is 1. The highest BCUT2D eigenvalue weighted by atomic mass is 32.2. The van der Waals surface area contributed by atoms with E-state index in [0.717, 1.165) is 12.1 Å². The minimum atomic E-state index is -4.83. The zero-order valence-corrected chi connectivity index (χ0v) is 11.7. The number of carbonyl (C=O) groups is 1. The topological polar surface area (TPSA) is 78.2 Å². The van der Waals surface area contributed by atoms with E-state index >= 15 is 0 Å². The second kappa shape index (κ2) is 4.21. The minimum Gasteiger partial charge on any atom is -0.272 e. The highest BCUT2D eigenvalue weighted by Gasteiger charge is 2.61. The van der Waals surface area contributed by atoms with Crippen LogP contribution in [-0.4, -0.2) is 19.1 Å². The second-order valence-electron chi connectivity index (χ2n) is 4.92. The van der Waals surface area contributed by atoms with E-state index in [0.29, 0.717) is 10.4 Å². The van der Waals surface area contributed by atoms with E-state index in [9.17, 15) is 26.4 Å². The van der Waals surface area contributed by atoms with Crippen LogP contribution in [0.2, 0.25) is 0 Å². The van der Waals surface area contributed by atoms with Crippen molar-refractivity contribution in [1.82, 2.24) is 0 Å². The predicted molar refractivity (Wildman–Crippen MR) is 66.6 cm³/mol. The largest absolute Gasteiger partial charge is 0.417 e. The van der Waals surface area contributed by atoms with Crippen molar-refractivity contribution in [2.24, 2.45) is 0 Å². The van der Waals surface area contributed by atoms with Crippen LogP contribution in [0.4, 0.5) is 18.9 Å². The Labute approximate surface area is 118 Å². The zero-order chi connectivity index (χ0) is 16.2.